The number of nitrogens with one attached hydrogen (secondary N) is 1. The largest absolute Gasteiger partial charge is 0.273 e. The van der Waals surface area contributed by atoms with E-state index in [0.717, 1.165) is 32.1 Å². The number of carbonyl (C=O) groups excluding carboxylic acids is 1. The molecule has 0 spiro atoms. The third-order valence-electron chi connectivity index (χ3n) is 3.82. The number of hydrogen-bond acceptors (Lipinski definition) is 2. The van der Waals surface area contributed by atoms with Crippen LogP contribution in [0, 0.1) is 0 Å². The predicted octanol–water partition coefficient (Wildman–Crippen LogP) is 4.69. The maximum absolute atomic E-state index is 12.2. The predicted molar refractivity (Wildman–Crippen MR) is 102 cm³/mol. The van der Waals surface area contributed by atoms with Gasteiger partial charge in [-0.25, -0.2) is 5.43 Å². The van der Waals surface area contributed by atoms with Crippen molar-refractivity contribution >= 4 is 38.3 Å². The highest BCUT2D eigenvalue weighted by Gasteiger charge is 2.06. The van der Waals surface area contributed by atoms with E-state index in [-0.39, 0.29) is 5.91 Å². The van der Waals surface area contributed by atoms with Gasteiger partial charge in [-0.05, 0) is 41.0 Å². The number of carbonyl (C=O) groups is 1. The molecule has 0 saturated heterocycles. The van der Waals surface area contributed by atoms with Gasteiger partial charge in [0.1, 0.15) is 0 Å². The summed E-state index contributed by atoms with van der Waals surface area (Å²) in [7, 11) is 0. The molecule has 0 saturated carbocycles. The number of hydrazone groups is 1. The van der Waals surface area contributed by atoms with Gasteiger partial charge < -0.3 is 0 Å². The zero-order chi connectivity index (χ0) is 16.9. The maximum atomic E-state index is 12.2. The second-order valence-electron chi connectivity index (χ2n) is 5.56. The van der Waals surface area contributed by atoms with E-state index in [0.29, 0.717) is 6.42 Å². The Morgan fingerprint density at radius 2 is 1.79 bits per heavy atom. The van der Waals surface area contributed by atoms with Crippen LogP contribution in [0.2, 0.25) is 0 Å². The Morgan fingerprint density at radius 3 is 2.62 bits per heavy atom. The Bertz CT molecular complexity index is 913. The summed E-state index contributed by atoms with van der Waals surface area (Å²) in [6.45, 7) is 1.87. The molecule has 0 fully saturated rings. The molecular weight excluding hydrogens is 364 g/mol. The van der Waals surface area contributed by atoms with Crippen LogP contribution in [0.25, 0.3) is 10.8 Å². The number of amides is 1. The van der Waals surface area contributed by atoms with Crippen molar-refractivity contribution < 1.29 is 4.79 Å². The minimum Gasteiger partial charge on any atom is -0.273 e. The van der Waals surface area contributed by atoms with E-state index in [1.165, 1.54) is 0 Å². The molecule has 24 heavy (non-hydrogen) atoms. The van der Waals surface area contributed by atoms with Crippen LogP contribution in [0.3, 0.4) is 0 Å². The lowest BCUT2D eigenvalue weighted by Gasteiger charge is -2.06. The molecule has 3 aromatic rings. The molecule has 0 aliphatic carbocycles. The average Bonchev–Trinajstić information content (AvgIpc) is 2.60. The van der Waals surface area contributed by atoms with E-state index >= 15 is 0 Å². The van der Waals surface area contributed by atoms with Crippen LogP contribution in [0.1, 0.15) is 18.1 Å². The van der Waals surface area contributed by atoms with Gasteiger partial charge in [-0.2, -0.15) is 5.10 Å². The Morgan fingerprint density at radius 1 is 1.04 bits per heavy atom. The Balaban J connectivity index is 1.72. The van der Waals surface area contributed by atoms with Crippen molar-refractivity contribution in [3.63, 3.8) is 0 Å². The zero-order valence-electron chi connectivity index (χ0n) is 13.3. The zero-order valence-corrected chi connectivity index (χ0v) is 14.9. The number of fused-ring (bicyclic) bond motifs is 1. The first-order valence-electron chi connectivity index (χ1n) is 7.69. The molecular formula is C20H17BrN2O. The summed E-state index contributed by atoms with van der Waals surface area (Å²) >= 11 is 3.44. The summed E-state index contributed by atoms with van der Waals surface area (Å²) in [6.07, 6.45) is 0.302. The Kier molecular flexibility index (Phi) is 5.06. The van der Waals surface area contributed by atoms with Crippen LogP contribution in [0.5, 0.6) is 0 Å². The quantitative estimate of drug-likeness (QED) is 0.517. The van der Waals surface area contributed by atoms with E-state index in [2.05, 4.69) is 26.5 Å². The minimum atomic E-state index is -0.124. The maximum Gasteiger partial charge on any atom is 0.244 e. The van der Waals surface area contributed by atoms with Crippen LogP contribution in [0.4, 0.5) is 0 Å². The first-order chi connectivity index (χ1) is 11.6. The van der Waals surface area contributed by atoms with Gasteiger partial charge in [0.15, 0.2) is 0 Å². The lowest BCUT2D eigenvalue weighted by molar-refractivity contribution is -0.120. The lowest BCUT2D eigenvalue weighted by atomic mass is 10.0. The smallest absolute Gasteiger partial charge is 0.244 e. The van der Waals surface area contributed by atoms with Gasteiger partial charge in [0.05, 0.1) is 12.1 Å². The van der Waals surface area contributed by atoms with E-state index in [4.69, 9.17) is 0 Å². The van der Waals surface area contributed by atoms with Crippen LogP contribution in [-0.2, 0) is 11.2 Å². The highest BCUT2D eigenvalue weighted by Crippen LogP contribution is 2.18. The highest BCUT2D eigenvalue weighted by atomic mass is 79.9. The molecule has 4 heteroatoms. The molecule has 0 bridgehead atoms. The number of hydrogen-bond donors (Lipinski definition) is 1. The highest BCUT2D eigenvalue weighted by molar-refractivity contribution is 9.10. The fourth-order valence-electron chi connectivity index (χ4n) is 2.58. The Hall–Kier alpha value is -2.46. The number of benzene rings is 3. The molecule has 3 nitrogen and oxygen atoms in total. The van der Waals surface area contributed by atoms with E-state index in [1.54, 1.807) is 0 Å². The third kappa shape index (κ3) is 3.89. The van der Waals surface area contributed by atoms with Crippen molar-refractivity contribution in [1.82, 2.24) is 5.43 Å². The molecule has 1 amide bonds. The van der Waals surface area contributed by atoms with Gasteiger partial charge in [0.25, 0.3) is 0 Å². The standard InChI is InChI=1S/C20H17BrN2O/c1-14(16-8-5-10-18(21)12-16)22-23-20(24)13-17-9-4-7-15-6-2-3-11-19(15)17/h2-12H,13H2,1H3,(H,23,24)/b22-14+. The average molecular weight is 381 g/mol. The van der Waals surface area contributed by atoms with Crippen LogP contribution >= 0.6 is 15.9 Å². The summed E-state index contributed by atoms with van der Waals surface area (Å²) in [6, 6.07) is 21.9. The molecule has 3 aromatic carbocycles. The molecule has 0 heterocycles. The summed E-state index contributed by atoms with van der Waals surface area (Å²) in [5.41, 5.74) is 5.38. The summed E-state index contributed by atoms with van der Waals surface area (Å²) in [5, 5.41) is 6.44. The molecule has 0 atom stereocenters. The topological polar surface area (TPSA) is 41.5 Å². The second kappa shape index (κ2) is 7.41. The monoisotopic (exact) mass is 380 g/mol. The third-order valence-corrected chi connectivity index (χ3v) is 4.31. The summed E-state index contributed by atoms with van der Waals surface area (Å²) < 4.78 is 0.983. The number of nitrogens with zero attached hydrogens (tertiary/aromatic N) is 1. The van der Waals surface area contributed by atoms with Crippen molar-refractivity contribution in [2.45, 2.75) is 13.3 Å². The van der Waals surface area contributed by atoms with Crippen molar-refractivity contribution in [3.05, 3.63) is 82.3 Å². The van der Waals surface area contributed by atoms with Crippen LogP contribution < -0.4 is 5.43 Å². The molecule has 120 valence electrons. The molecule has 0 radical (unpaired) electrons. The van der Waals surface area contributed by atoms with Gasteiger partial charge in [0.2, 0.25) is 5.91 Å². The Labute approximate surface area is 149 Å². The minimum absolute atomic E-state index is 0.124. The van der Waals surface area contributed by atoms with Crippen molar-refractivity contribution in [2.24, 2.45) is 5.10 Å². The second-order valence-corrected chi connectivity index (χ2v) is 6.47. The van der Waals surface area contributed by atoms with Gasteiger partial charge in [-0.3, -0.25) is 4.79 Å². The van der Waals surface area contributed by atoms with E-state index in [1.807, 2.05) is 73.7 Å². The summed E-state index contributed by atoms with van der Waals surface area (Å²) in [5.74, 6) is -0.124. The van der Waals surface area contributed by atoms with Gasteiger partial charge in [0, 0.05) is 4.47 Å². The molecule has 0 aromatic heterocycles. The van der Waals surface area contributed by atoms with Crippen molar-refractivity contribution in [2.75, 3.05) is 0 Å². The molecule has 0 aliphatic heterocycles. The fraction of sp³-hybridized carbons (Fsp3) is 0.100. The molecule has 0 aliphatic rings. The lowest BCUT2D eigenvalue weighted by Crippen LogP contribution is -2.21. The molecule has 0 unspecified atom stereocenters. The number of rotatable bonds is 4. The van der Waals surface area contributed by atoms with Gasteiger partial charge in [-0.1, -0.05) is 70.5 Å². The van der Waals surface area contributed by atoms with Crippen LogP contribution in [-0.4, -0.2) is 11.6 Å². The first kappa shape index (κ1) is 16.4. The van der Waals surface area contributed by atoms with Gasteiger partial charge in [-0.15, -0.1) is 0 Å². The first-order valence-corrected chi connectivity index (χ1v) is 8.48. The fourth-order valence-corrected chi connectivity index (χ4v) is 2.98. The van der Waals surface area contributed by atoms with E-state index in [9.17, 15) is 4.79 Å². The molecule has 3 rings (SSSR count). The van der Waals surface area contributed by atoms with Crippen LogP contribution in [0.15, 0.2) is 76.3 Å². The summed E-state index contributed by atoms with van der Waals surface area (Å²) in [4.78, 5) is 12.2. The van der Waals surface area contributed by atoms with E-state index < -0.39 is 0 Å². The van der Waals surface area contributed by atoms with Crippen molar-refractivity contribution in [1.29, 1.82) is 0 Å². The SMILES string of the molecule is C/C(=N\NC(=O)Cc1cccc2ccccc12)c1cccc(Br)c1. The van der Waals surface area contributed by atoms with Crippen molar-refractivity contribution in [3.8, 4) is 0 Å². The normalized spacial score (nSPS) is 11.5. The van der Waals surface area contributed by atoms with Gasteiger partial charge >= 0.3 is 0 Å². The number of halogens is 1. The molecule has 1 N–H and O–H groups in total.